The zero-order chi connectivity index (χ0) is 20.6. The topological polar surface area (TPSA) is 90.0 Å². The monoisotopic (exact) mass is 425 g/mol. The van der Waals surface area contributed by atoms with E-state index in [1.165, 1.54) is 29.6 Å². The maximum atomic E-state index is 12.8. The fourth-order valence-corrected chi connectivity index (χ4v) is 3.99. The number of rotatable bonds is 10. The summed E-state index contributed by atoms with van der Waals surface area (Å²) in [5, 5.41) is 1.15. The summed E-state index contributed by atoms with van der Waals surface area (Å²) in [7, 11) is -5.90. The van der Waals surface area contributed by atoms with Gasteiger partial charge in [0, 0.05) is 25.6 Å². The van der Waals surface area contributed by atoms with E-state index < -0.39 is 20.1 Å². The van der Waals surface area contributed by atoms with Crippen LogP contribution in [0.1, 0.15) is 11.1 Å². The molecule has 152 valence electrons. The molecular formula is C19H23NO6S2. The van der Waals surface area contributed by atoms with Gasteiger partial charge in [0.1, 0.15) is 5.75 Å². The van der Waals surface area contributed by atoms with Crippen molar-refractivity contribution in [2.75, 3.05) is 26.5 Å². The van der Waals surface area contributed by atoms with Crippen LogP contribution in [0.2, 0.25) is 0 Å². The molecule has 2 aromatic carbocycles. The molecule has 9 heteroatoms. The van der Waals surface area contributed by atoms with Crippen LogP contribution in [0.4, 0.5) is 0 Å². The third-order valence-corrected chi connectivity index (χ3v) is 5.65. The first kappa shape index (κ1) is 22.1. The van der Waals surface area contributed by atoms with E-state index in [0.29, 0.717) is 5.56 Å². The SMILES string of the molecule is COCCN(Cc1cccc(OS(C)(=O)=O)c1)S(=O)(=O)C=Cc1ccccc1. The highest BCUT2D eigenvalue weighted by Gasteiger charge is 2.20. The maximum Gasteiger partial charge on any atom is 0.306 e. The number of hydrogen-bond donors (Lipinski definition) is 0. The predicted molar refractivity (Wildman–Crippen MR) is 109 cm³/mol. The summed E-state index contributed by atoms with van der Waals surface area (Å²) < 4.78 is 59.3. The predicted octanol–water partition coefficient (Wildman–Crippen LogP) is 2.47. The number of benzene rings is 2. The summed E-state index contributed by atoms with van der Waals surface area (Å²) in [6, 6.07) is 15.4. The fraction of sp³-hybridized carbons (Fsp3) is 0.263. The Balaban J connectivity index is 2.23. The molecule has 2 rings (SSSR count). The zero-order valence-corrected chi connectivity index (χ0v) is 17.3. The van der Waals surface area contributed by atoms with E-state index in [1.54, 1.807) is 24.3 Å². The minimum atomic E-state index is -3.73. The number of hydrogen-bond acceptors (Lipinski definition) is 6. The smallest absolute Gasteiger partial charge is 0.306 e. The highest BCUT2D eigenvalue weighted by Crippen LogP contribution is 2.18. The van der Waals surface area contributed by atoms with E-state index in [9.17, 15) is 16.8 Å². The molecule has 2 aromatic rings. The van der Waals surface area contributed by atoms with E-state index in [1.807, 2.05) is 18.2 Å². The van der Waals surface area contributed by atoms with Crippen molar-refractivity contribution in [1.82, 2.24) is 4.31 Å². The quantitative estimate of drug-likeness (QED) is 0.543. The van der Waals surface area contributed by atoms with E-state index in [-0.39, 0.29) is 25.4 Å². The van der Waals surface area contributed by atoms with Gasteiger partial charge < -0.3 is 8.92 Å². The van der Waals surface area contributed by atoms with Gasteiger partial charge in [-0.15, -0.1) is 0 Å². The summed E-state index contributed by atoms with van der Waals surface area (Å²) in [5.41, 5.74) is 1.36. The van der Waals surface area contributed by atoms with Crippen LogP contribution < -0.4 is 4.18 Å². The van der Waals surface area contributed by atoms with Gasteiger partial charge in [0.25, 0.3) is 0 Å². The largest absolute Gasteiger partial charge is 0.383 e. The summed E-state index contributed by atoms with van der Waals surface area (Å²) in [6.45, 7) is 0.416. The molecule has 28 heavy (non-hydrogen) atoms. The summed E-state index contributed by atoms with van der Waals surface area (Å²) in [6.07, 6.45) is 2.47. The van der Waals surface area contributed by atoms with E-state index in [0.717, 1.165) is 17.2 Å². The molecule has 0 saturated carbocycles. The number of ether oxygens (including phenoxy) is 1. The third-order valence-electron chi connectivity index (χ3n) is 3.64. The summed E-state index contributed by atoms with van der Waals surface area (Å²) in [4.78, 5) is 0. The van der Waals surface area contributed by atoms with E-state index >= 15 is 0 Å². The molecule has 0 radical (unpaired) electrons. The number of nitrogens with zero attached hydrogens (tertiary/aromatic N) is 1. The normalized spacial score (nSPS) is 12.5. The number of methoxy groups -OCH3 is 1. The van der Waals surface area contributed by atoms with Gasteiger partial charge in [-0.2, -0.15) is 12.7 Å². The van der Waals surface area contributed by atoms with Crippen molar-refractivity contribution in [2.45, 2.75) is 6.54 Å². The minimum Gasteiger partial charge on any atom is -0.383 e. The Hall–Kier alpha value is -2.20. The second kappa shape index (κ2) is 9.83. The standard InChI is InChI=1S/C19H23NO6S2/c1-25-13-12-20(28(23,24)14-11-17-7-4-3-5-8-17)16-18-9-6-10-19(15-18)26-27(2,21)22/h3-11,14-15H,12-13,16H2,1-2H3. The molecule has 7 nitrogen and oxygen atoms in total. The highest BCUT2D eigenvalue weighted by molar-refractivity contribution is 7.92. The Morgan fingerprint density at radius 3 is 2.36 bits per heavy atom. The lowest BCUT2D eigenvalue weighted by Gasteiger charge is -2.20. The van der Waals surface area contributed by atoms with Crippen LogP contribution in [0.25, 0.3) is 6.08 Å². The molecule has 0 aliphatic carbocycles. The lowest BCUT2D eigenvalue weighted by Crippen LogP contribution is -2.32. The molecule has 0 amide bonds. The first-order valence-corrected chi connectivity index (χ1v) is 11.7. The Kier molecular flexibility index (Phi) is 7.76. The molecule has 0 aromatic heterocycles. The van der Waals surface area contributed by atoms with Gasteiger partial charge in [0.05, 0.1) is 12.9 Å². The lowest BCUT2D eigenvalue weighted by atomic mass is 10.2. The molecule has 0 N–H and O–H groups in total. The Bertz CT molecular complexity index is 1000. The van der Waals surface area contributed by atoms with Crippen molar-refractivity contribution >= 4 is 26.2 Å². The number of sulfonamides is 1. The van der Waals surface area contributed by atoms with Crippen molar-refractivity contribution in [3.8, 4) is 5.75 Å². The van der Waals surface area contributed by atoms with Crippen molar-refractivity contribution in [2.24, 2.45) is 0 Å². The zero-order valence-electron chi connectivity index (χ0n) is 15.7. The van der Waals surface area contributed by atoms with Gasteiger partial charge in [-0.25, -0.2) is 8.42 Å². The fourth-order valence-electron chi connectivity index (χ4n) is 2.38. The molecule has 0 atom stereocenters. The average molecular weight is 426 g/mol. The van der Waals surface area contributed by atoms with Crippen molar-refractivity contribution in [3.05, 3.63) is 71.1 Å². The Morgan fingerprint density at radius 2 is 1.71 bits per heavy atom. The van der Waals surface area contributed by atoms with Crippen LogP contribution in [0, 0.1) is 0 Å². The van der Waals surface area contributed by atoms with Crippen molar-refractivity contribution < 1.29 is 25.8 Å². The van der Waals surface area contributed by atoms with Gasteiger partial charge in [0.2, 0.25) is 10.0 Å². The highest BCUT2D eigenvalue weighted by atomic mass is 32.2. The lowest BCUT2D eigenvalue weighted by molar-refractivity contribution is 0.178. The van der Waals surface area contributed by atoms with Crippen molar-refractivity contribution in [1.29, 1.82) is 0 Å². The molecule has 0 heterocycles. The van der Waals surface area contributed by atoms with Crippen LogP contribution >= 0.6 is 0 Å². The molecule has 0 spiro atoms. The van der Waals surface area contributed by atoms with Gasteiger partial charge in [-0.3, -0.25) is 0 Å². The van der Waals surface area contributed by atoms with Gasteiger partial charge in [-0.05, 0) is 29.3 Å². The molecule has 0 bridgehead atoms. The van der Waals surface area contributed by atoms with Gasteiger partial charge >= 0.3 is 10.1 Å². The second-order valence-electron chi connectivity index (χ2n) is 6.02. The molecule has 0 aliphatic rings. The van der Waals surface area contributed by atoms with Crippen LogP contribution in [-0.4, -0.2) is 47.7 Å². The van der Waals surface area contributed by atoms with Crippen LogP contribution in [-0.2, 0) is 31.4 Å². The van der Waals surface area contributed by atoms with Crippen LogP contribution in [0.3, 0.4) is 0 Å². The molecule has 0 unspecified atom stereocenters. The van der Waals surface area contributed by atoms with Crippen LogP contribution in [0.15, 0.2) is 60.0 Å². The minimum absolute atomic E-state index is 0.0474. The Labute approximate surface area is 166 Å². The third kappa shape index (κ3) is 7.43. The molecule has 0 saturated heterocycles. The summed E-state index contributed by atoms with van der Waals surface area (Å²) >= 11 is 0. The first-order valence-electron chi connectivity index (χ1n) is 8.40. The van der Waals surface area contributed by atoms with Gasteiger partial charge in [-0.1, -0.05) is 42.5 Å². The molecule has 0 fully saturated rings. The second-order valence-corrected chi connectivity index (χ2v) is 9.41. The van der Waals surface area contributed by atoms with Crippen LogP contribution in [0.5, 0.6) is 5.75 Å². The van der Waals surface area contributed by atoms with E-state index in [2.05, 4.69) is 0 Å². The Morgan fingerprint density at radius 1 is 1.00 bits per heavy atom. The van der Waals surface area contributed by atoms with Crippen molar-refractivity contribution in [3.63, 3.8) is 0 Å². The van der Waals surface area contributed by atoms with Gasteiger partial charge in [0.15, 0.2) is 0 Å². The molecular weight excluding hydrogens is 402 g/mol. The van der Waals surface area contributed by atoms with E-state index in [4.69, 9.17) is 8.92 Å². The average Bonchev–Trinajstić information content (AvgIpc) is 2.63. The maximum absolute atomic E-state index is 12.8. The first-order chi connectivity index (χ1) is 13.2. The summed E-state index contributed by atoms with van der Waals surface area (Å²) in [5.74, 6) is 0.129. The molecule has 0 aliphatic heterocycles.